The number of carboxylic acid groups (broad SMARTS) is 1. The number of rotatable bonds is 3. The van der Waals surface area contributed by atoms with Crippen molar-refractivity contribution in [3.8, 4) is 5.75 Å². The van der Waals surface area contributed by atoms with Crippen LogP contribution < -0.4 is 10.2 Å². The summed E-state index contributed by atoms with van der Waals surface area (Å²) >= 11 is 0. The lowest BCUT2D eigenvalue weighted by atomic mass is 10.1. The third-order valence-electron chi connectivity index (χ3n) is 3.48. The van der Waals surface area contributed by atoms with Crippen LogP contribution in [-0.2, 0) is 0 Å². The number of hydrogen-bond donors (Lipinski definition) is 1. The van der Waals surface area contributed by atoms with Gasteiger partial charge in [-0.3, -0.25) is 4.79 Å². The van der Waals surface area contributed by atoms with Gasteiger partial charge >= 0.3 is 5.97 Å². The summed E-state index contributed by atoms with van der Waals surface area (Å²) in [6.07, 6.45) is 3.03. The quantitative estimate of drug-likeness (QED) is 0.933. The van der Waals surface area contributed by atoms with Gasteiger partial charge < -0.3 is 14.4 Å². The van der Waals surface area contributed by atoms with Gasteiger partial charge in [-0.25, -0.2) is 9.18 Å². The summed E-state index contributed by atoms with van der Waals surface area (Å²) in [6.45, 7) is 0. The third-order valence-corrected chi connectivity index (χ3v) is 3.48. The summed E-state index contributed by atoms with van der Waals surface area (Å²) in [4.78, 5) is 23.3. The number of aromatic nitrogens is 1. The lowest BCUT2D eigenvalue weighted by Gasteiger charge is -2.14. The lowest BCUT2D eigenvalue weighted by molar-refractivity contribution is 0.0695. The molecule has 1 aliphatic rings. The average Bonchev–Trinajstić information content (AvgIpc) is 3.23. The molecule has 1 N–H and O–H groups in total. The molecule has 2 aromatic rings. The van der Waals surface area contributed by atoms with Crippen molar-refractivity contribution in [3.63, 3.8) is 0 Å². The van der Waals surface area contributed by atoms with E-state index in [9.17, 15) is 14.0 Å². The summed E-state index contributed by atoms with van der Waals surface area (Å²) in [5.74, 6) is -1.72. The highest BCUT2D eigenvalue weighted by molar-refractivity contribution is 5.94. The van der Waals surface area contributed by atoms with Crippen molar-refractivity contribution >= 4 is 16.9 Å². The summed E-state index contributed by atoms with van der Waals surface area (Å²) < 4.78 is 20.8. The molecule has 5 nitrogen and oxygen atoms in total. The predicted octanol–water partition coefficient (Wildman–Crippen LogP) is 2.18. The zero-order chi connectivity index (χ0) is 14.4. The second-order valence-corrected chi connectivity index (χ2v) is 4.79. The molecular formula is C14H12FNO4. The number of fused-ring (bicyclic) bond motifs is 1. The first-order chi connectivity index (χ1) is 9.54. The second kappa shape index (κ2) is 4.33. The Balaban J connectivity index is 2.51. The molecule has 0 radical (unpaired) electrons. The van der Waals surface area contributed by atoms with E-state index < -0.39 is 22.8 Å². The average molecular weight is 277 g/mol. The molecule has 0 saturated heterocycles. The number of pyridine rings is 1. The van der Waals surface area contributed by atoms with Crippen molar-refractivity contribution < 1.29 is 19.0 Å². The normalized spacial score (nSPS) is 14.5. The van der Waals surface area contributed by atoms with E-state index in [0.29, 0.717) is 11.3 Å². The molecule has 6 heteroatoms. The number of carboxylic acids is 1. The lowest BCUT2D eigenvalue weighted by Crippen LogP contribution is -2.20. The van der Waals surface area contributed by atoms with Crippen molar-refractivity contribution in [1.82, 2.24) is 4.57 Å². The van der Waals surface area contributed by atoms with Gasteiger partial charge in [0.1, 0.15) is 17.1 Å². The molecule has 1 aromatic carbocycles. The van der Waals surface area contributed by atoms with Gasteiger partial charge in [-0.15, -0.1) is 0 Å². The van der Waals surface area contributed by atoms with Crippen molar-refractivity contribution in [2.75, 3.05) is 7.11 Å². The Morgan fingerprint density at radius 3 is 2.70 bits per heavy atom. The van der Waals surface area contributed by atoms with Crippen molar-refractivity contribution in [1.29, 1.82) is 0 Å². The molecule has 1 fully saturated rings. The van der Waals surface area contributed by atoms with Crippen LogP contribution in [-0.4, -0.2) is 22.8 Å². The van der Waals surface area contributed by atoms with E-state index in [1.807, 2.05) is 0 Å². The minimum Gasteiger partial charge on any atom is -0.495 e. The van der Waals surface area contributed by atoms with E-state index in [1.165, 1.54) is 19.4 Å². The maximum absolute atomic E-state index is 14.0. The zero-order valence-corrected chi connectivity index (χ0v) is 10.7. The fourth-order valence-electron chi connectivity index (χ4n) is 2.37. The van der Waals surface area contributed by atoms with Crippen LogP contribution in [0, 0.1) is 5.82 Å². The number of hydrogen-bond acceptors (Lipinski definition) is 3. The molecule has 0 spiro atoms. The molecule has 3 rings (SSSR count). The molecule has 0 amide bonds. The number of benzene rings is 1. The highest BCUT2D eigenvalue weighted by Gasteiger charge is 2.29. The SMILES string of the molecule is COc1ccc(F)c2c(=O)c(C(=O)O)cn(C3CC3)c12. The van der Waals surface area contributed by atoms with Crippen LogP contribution in [0.4, 0.5) is 4.39 Å². The molecule has 104 valence electrons. The van der Waals surface area contributed by atoms with Gasteiger partial charge in [-0.05, 0) is 25.0 Å². The molecule has 0 atom stereocenters. The van der Waals surface area contributed by atoms with Gasteiger partial charge in [-0.1, -0.05) is 0 Å². The molecule has 0 bridgehead atoms. The van der Waals surface area contributed by atoms with Crippen molar-refractivity contribution in [3.05, 3.63) is 39.9 Å². The Bertz CT molecular complexity index is 777. The number of aromatic carboxylic acids is 1. The fraction of sp³-hybridized carbons (Fsp3) is 0.286. The van der Waals surface area contributed by atoms with Crippen LogP contribution >= 0.6 is 0 Å². The van der Waals surface area contributed by atoms with E-state index in [1.54, 1.807) is 4.57 Å². The van der Waals surface area contributed by atoms with Crippen molar-refractivity contribution in [2.24, 2.45) is 0 Å². The van der Waals surface area contributed by atoms with Crippen LogP contribution in [0.2, 0.25) is 0 Å². The first-order valence-corrected chi connectivity index (χ1v) is 6.19. The Labute approximate surface area is 113 Å². The van der Waals surface area contributed by atoms with Crippen LogP contribution in [0.5, 0.6) is 5.75 Å². The Hall–Kier alpha value is -2.37. The van der Waals surface area contributed by atoms with Gasteiger partial charge in [0, 0.05) is 12.2 Å². The Morgan fingerprint density at radius 2 is 2.15 bits per heavy atom. The van der Waals surface area contributed by atoms with Crippen LogP contribution in [0.15, 0.2) is 23.1 Å². The van der Waals surface area contributed by atoms with Crippen LogP contribution in [0.25, 0.3) is 10.9 Å². The summed E-state index contributed by atoms with van der Waals surface area (Å²) in [6, 6.07) is 2.65. The molecule has 1 heterocycles. The van der Waals surface area contributed by atoms with Crippen LogP contribution in [0.3, 0.4) is 0 Å². The smallest absolute Gasteiger partial charge is 0.341 e. The maximum atomic E-state index is 14.0. The van der Waals surface area contributed by atoms with Gasteiger partial charge in [0.15, 0.2) is 0 Å². The van der Waals surface area contributed by atoms with E-state index >= 15 is 0 Å². The summed E-state index contributed by atoms with van der Waals surface area (Å²) in [7, 11) is 1.43. The summed E-state index contributed by atoms with van der Waals surface area (Å²) in [5.41, 5.74) is -0.914. The molecule has 0 unspecified atom stereocenters. The number of nitrogens with zero attached hydrogens (tertiary/aromatic N) is 1. The maximum Gasteiger partial charge on any atom is 0.341 e. The Morgan fingerprint density at radius 1 is 1.45 bits per heavy atom. The fourth-order valence-corrected chi connectivity index (χ4v) is 2.37. The molecule has 0 aliphatic heterocycles. The number of carbonyl (C=O) groups is 1. The highest BCUT2D eigenvalue weighted by atomic mass is 19.1. The number of ether oxygens (including phenoxy) is 1. The molecule has 20 heavy (non-hydrogen) atoms. The van der Waals surface area contributed by atoms with E-state index in [0.717, 1.165) is 18.9 Å². The van der Waals surface area contributed by atoms with Gasteiger partial charge in [0.25, 0.3) is 0 Å². The highest BCUT2D eigenvalue weighted by Crippen LogP contribution is 2.39. The third kappa shape index (κ3) is 1.76. The van der Waals surface area contributed by atoms with E-state index in [4.69, 9.17) is 9.84 Å². The molecule has 1 aromatic heterocycles. The topological polar surface area (TPSA) is 68.5 Å². The molecule has 1 saturated carbocycles. The van der Waals surface area contributed by atoms with Crippen molar-refractivity contribution in [2.45, 2.75) is 18.9 Å². The standard InChI is InChI=1S/C14H12FNO4/c1-20-10-5-4-9(15)11-12(10)16(7-2-3-7)6-8(13(11)17)14(18)19/h4-7H,2-3H2,1H3,(H,18,19). The number of halogens is 1. The molecular weight excluding hydrogens is 265 g/mol. The molecule has 1 aliphatic carbocycles. The van der Waals surface area contributed by atoms with E-state index in [2.05, 4.69) is 0 Å². The predicted molar refractivity (Wildman–Crippen MR) is 69.9 cm³/mol. The van der Waals surface area contributed by atoms with E-state index in [-0.39, 0.29) is 11.4 Å². The van der Waals surface area contributed by atoms with Gasteiger partial charge in [-0.2, -0.15) is 0 Å². The zero-order valence-electron chi connectivity index (χ0n) is 10.7. The first kappa shape index (κ1) is 12.7. The van der Waals surface area contributed by atoms with Crippen LogP contribution in [0.1, 0.15) is 29.2 Å². The number of methoxy groups -OCH3 is 1. The first-order valence-electron chi connectivity index (χ1n) is 6.19. The monoisotopic (exact) mass is 277 g/mol. The summed E-state index contributed by atoms with van der Waals surface area (Å²) in [5, 5.41) is 8.88. The minimum atomic E-state index is -1.35. The largest absolute Gasteiger partial charge is 0.495 e. The second-order valence-electron chi connectivity index (χ2n) is 4.79. The minimum absolute atomic E-state index is 0.0897. The Kier molecular flexibility index (Phi) is 2.74. The van der Waals surface area contributed by atoms with Gasteiger partial charge in [0.2, 0.25) is 5.43 Å². The van der Waals surface area contributed by atoms with Gasteiger partial charge in [0.05, 0.1) is 18.0 Å².